The molecule has 0 bridgehead atoms. The van der Waals surface area contributed by atoms with Crippen molar-refractivity contribution in [1.82, 2.24) is 20.1 Å². The number of aliphatic hydroxyl groups excluding tert-OH is 1. The number of piperidine rings is 1. The molecule has 1 atom stereocenters. The van der Waals surface area contributed by atoms with Gasteiger partial charge >= 0.3 is 0 Å². The maximum absolute atomic E-state index is 9.63. The maximum Gasteiger partial charge on any atom is 0.132 e. The molecule has 136 valence electrons. The van der Waals surface area contributed by atoms with Crippen molar-refractivity contribution in [3.8, 4) is 0 Å². The van der Waals surface area contributed by atoms with E-state index in [-0.39, 0.29) is 6.10 Å². The molecule has 1 fully saturated rings. The van der Waals surface area contributed by atoms with E-state index in [1.165, 1.54) is 11.3 Å². The second kappa shape index (κ2) is 8.45. The summed E-state index contributed by atoms with van der Waals surface area (Å²) in [6, 6.07) is 9.10. The van der Waals surface area contributed by atoms with E-state index >= 15 is 0 Å². The van der Waals surface area contributed by atoms with Crippen molar-refractivity contribution >= 4 is 5.69 Å². The minimum absolute atomic E-state index is 0.126. The van der Waals surface area contributed by atoms with Crippen LogP contribution >= 0.6 is 0 Å². The summed E-state index contributed by atoms with van der Waals surface area (Å²) in [5.74, 6) is 1.03. The second-order valence-corrected chi connectivity index (χ2v) is 6.78. The van der Waals surface area contributed by atoms with Gasteiger partial charge in [-0.2, -0.15) is 0 Å². The van der Waals surface area contributed by atoms with E-state index in [0.29, 0.717) is 6.04 Å². The fourth-order valence-corrected chi connectivity index (χ4v) is 3.36. The summed E-state index contributed by atoms with van der Waals surface area (Å²) in [6.45, 7) is 7.94. The van der Waals surface area contributed by atoms with Gasteiger partial charge in [0.2, 0.25) is 0 Å². The number of nitrogens with one attached hydrogen (secondary N) is 1. The first-order chi connectivity index (χ1) is 12.2. The lowest BCUT2D eigenvalue weighted by atomic mass is 10.0. The largest absolute Gasteiger partial charge is 0.393 e. The summed E-state index contributed by atoms with van der Waals surface area (Å²) < 4.78 is 2.10. The highest BCUT2D eigenvalue weighted by Crippen LogP contribution is 2.22. The van der Waals surface area contributed by atoms with E-state index in [1.54, 1.807) is 6.33 Å². The van der Waals surface area contributed by atoms with Gasteiger partial charge in [0.05, 0.1) is 6.10 Å². The fourth-order valence-electron chi connectivity index (χ4n) is 3.36. The number of hydrogen-bond acceptors (Lipinski definition) is 5. The second-order valence-electron chi connectivity index (χ2n) is 6.78. The Bertz CT molecular complexity index is 646. The van der Waals surface area contributed by atoms with E-state index in [9.17, 15) is 5.11 Å². The molecule has 1 aliphatic heterocycles. The van der Waals surface area contributed by atoms with E-state index in [0.717, 1.165) is 51.3 Å². The number of rotatable bonds is 7. The van der Waals surface area contributed by atoms with Crippen LogP contribution in [-0.4, -0.2) is 45.6 Å². The topological polar surface area (TPSA) is 66.2 Å². The molecule has 1 aromatic heterocycles. The predicted octanol–water partition coefficient (Wildman–Crippen LogP) is 2.15. The first-order valence-corrected chi connectivity index (χ1v) is 9.30. The molecule has 25 heavy (non-hydrogen) atoms. The van der Waals surface area contributed by atoms with E-state index in [4.69, 9.17) is 0 Å². The molecule has 0 radical (unpaired) electrons. The Kier molecular flexibility index (Phi) is 6.04. The Hall–Kier alpha value is -1.92. The minimum Gasteiger partial charge on any atom is -0.393 e. The smallest absolute Gasteiger partial charge is 0.132 e. The fraction of sp³-hybridized carbons (Fsp3) is 0.579. The Morgan fingerprint density at radius 3 is 2.64 bits per heavy atom. The van der Waals surface area contributed by atoms with Crippen LogP contribution in [-0.2, 0) is 13.0 Å². The lowest BCUT2D eigenvalue weighted by Crippen LogP contribution is -2.35. The molecule has 0 spiro atoms. The number of aromatic nitrogens is 3. The van der Waals surface area contributed by atoms with Gasteiger partial charge in [0.25, 0.3) is 0 Å². The SMILES string of the molecule is CCc1nncn1CCNC(C)c1ccc(N2CCC(O)CC2)cc1. The molecule has 0 amide bonds. The van der Waals surface area contributed by atoms with Crippen molar-refractivity contribution in [3.05, 3.63) is 42.0 Å². The monoisotopic (exact) mass is 343 g/mol. The molecule has 1 saturated heterocycles. The summed E-state index contributed by atoms with van der Waals surface area (Å²) in [5.41, 5.74) is 2.54. The summed E-state index contributed by atoms with van der Waals surface area (Å²) >= 11 is 0. The molecule has 2 aromatic rings. The van der Waals surface area contributed by atoms with Crippen LogP contribution in [0.25, 0.3) is 0 Å². The number of nitrogens with zero attached hydrogens (tertiary/aromatic N) is 4. The number of aryl methyl sites for hydroxylation is 1. The molecule has 0 saturated carbocycles. The van der Waals surface area contributed by atoms with Crippen LogP contribution in [0.15, 0.2) is 30.6 Å². The van der Waals surface area contributed by atoms with E-state index < -0.39 is 0 Å². The first kappa shape index (κ1) is 17.9. The molecule has 0 aliphatic carbocycles. The standard InChI is InChI=1S/C19H29N5O/c1-3-19-22-21-14-24(19)13-10-20-15(2)16-4-6-17(7-5-16)23-11-8-18(25)9-12-23/h4-7,14-15,18,20,25H,3,8-13H2,1-2H3. The third-order valence-electron chi connectivity index (χ3n) is 5.04. The molecule has 2 heterocycles. The molecule has 3 rings (SSSR count). The lowest BCUT2D eigenvalue weighted by molar-refractivity contribution is 0.145. The van der Waals surface area contributed by atoms with Crippen molar-refractivity contribution in [1.29, 1.82) is 0 Å². The van der Waals surface area contributed by atoms with Crippen molar-refractivity contribution in [3.63, 3.8) is 0 Å². The zero-order chi connectivity index (χ0) is 17.6. The zero-order valence-corrected chi connectivity index (χ0v) is 15.2. The van der Waals surface area contributed by atoms with Gasteiger partial charge in [-0.25, -0.2) is 0 Å². The lowest BCUT2D eigenvalue weighted by Gasteiger charge is -2.31. The van der Waals surface area contributed by atoms with Gasteiger partial charge in [-0.3, -0.25) is 0 Å². The highest BCUT2D eigenvalue weighted by Gasteiger charge is 2.17. The maximum atomic E-state index is 9.63. The van der Waals surface area contributed by atoms with Gasteiger partial charge in [-0.1, -0.05) is 19.1 Å². The Morgan fingerprint density at radius 2 is 1.96 bits per heavy atom. The van der Waals surface area contributed by atoms with Crippen molar-refractivity contribution in [2.75, 3.05) is 24.5 Å². The Balaban J connectivity index is 1.49. The average Bonchev–Trinajstić information content (AvgIpc) is 3.10. The van der Waals surface area contributed by atoms with Crippen LogP contribution in [0.3, 0.4) is 0 Å². The molecule has 6 heteroatoms. The third-order valence-corrected chi connectivity index (χ3v) is 5.04. The number of hydrogen-bond donors (Lipinski definition) is 2. The average molecular weight is 343 g/mol. The molecule has 2 N–H and O–H groups in total. The molecule has 6 nitrogen and oxygen atoms in total. The first-order valence-electron chi connectivity index (χ1n) is 9.30. The van der Waals surface area contributed by atoms with E-state index in [2.05, 4.69) is 63.1 Å². The Morgan fingerprint density at radius 1 is 1.24 bits per heavy atom. The molecular weight excluding hydrogens is 314 g/mol. The van der Waals surface area contributed by atoms with Gasteiger partial charge in [-0.05, 0) is 37.5 Å². The number of benzene rings is 1. The zero-order valence-electron chi connectivity index (χ0n) is 15.2. The van der Waals surface area contributed by atoms with Crippen molar-refractivity contribution in [2.45, 2.75) is 51.8 Å². The van der Waals surface area contributed by atoms with Crippen LogP contribution in [0.5, 0.6) is 0 Å². The molecule has 1 aromatic carbocycles. The van der Waals surface area contributed by atoms with Gasteiger partial charge in [0.1, 0.15) is 12.2 Å². The summed E-state index contributed by atoms with van der Waals surface area (Å²) in [6.07, 6.45) is 4.31. The normalized spacial score (nSPS) is 17.0. The number of anilines is 1. The molecular formula is C19H29N5O. The predicted molar refractivity (Wildman–Crippen MR) is 99.7 cm³/mol. The van der Waals surface area contributed by atoms with Crippen LogP contribution in [0, 0.1) is 0 Å². The summed E-state index contributed by atoms with van der Waals surface area (Å²) in [4.78, 5) is 2.35. The van der Waals surface area contributed by atoms with Gasteiger partial charge in [0.15, 0.2) is 0 Å². The van der Waals surface area contributed by atoms with Gasteiger partial charge in [0, 0.05) is 44.3 Å². The third kappa shape index (κ3) is 4.58. The van der Waals surface area contributed by atoms with Crippen molar-refractivity contribution < 1.29 is 5.11 Å². The van der Waals surface area contributed by atoms with Gasteiger partial charge < -0.3 is 19.9 Å². The quantitative estimate of drug-likeness (QED) is 0.806. The van der Waals surface area contributed by atoms with Crippen LogP contribution < -0.4 is 10.2 Å². The summed E-state index contributed by atoms with van der Waals surface area (Å²) in [5, 5.41) is 21.3. The molecule has 1 aliphatic rings. The van der Waals surface area contributed by atoms with Crippen molar-refractivity contribution in [2.24, 2.45) is 0 Å². The summed E-state index contributed by atoms with van der Waals surface area (Å²) in [7, 11) is 0. The number of aliphatic hydroxyl groups is 1. The van der Waals surface area contributed by atoms with E-state index in [1.807, 2.05) is 0 Å². The van der Waals surface area contributed by atoms with Crippen LogP contribution in [0.2, 0.25) is 0 Å². The highest BCUT2D eigenvalue weighted by molar-refractivity contribution is 5.48. The van der Waals surface area contributed by atoms with Gasteiger partial charge in [-0.15, -0.1) is 10.2 Å². The minimum atomic E-state index is -0.126. The van der Waals surface area contributed by atoms with Crippen LogP contribution in [0.1, 0.15) is 44.1 Å². The van der Waals surface area contributed by atoms with Crippen LogP contribution in [0.4, 0.5) is 5.69 Å². The highest BCUT2D eigenvalue weighted by atomic mass is 16.3. The molecule has 1 unspecified atom stereocenters. The Labute approximate surface area is 149 Å².